The van der Waals surface area contributed by atoms with Gasteiger partial charge in [0.25, 0.3) is 0 Å². The largest absolute Gasteiger partial charge is 0.308 e. The smallest absolute Gasteiger partial charge is 0.0534 e. The minimum absolute atomic E-state index is 0.389. The number of hydrogen-bond acceptors (Lipinski definition) is 2. The topological polar surface area (TPSA) is 40.7 Å². The van der Waals surface area contributed by atoms with Crippen LogP contribution in [-0.2, 0) is 0 Å². The van der Waals surface area contributed by atoms with E-state index in [4.69, 9.17) is 0 Å². The molecule has 0 saturated heterocycles. The SMILES string of the molecule is CCCCCC[C@H](C)N[C@@H](C)c1cn[nH]c1. The van der Waals surface area contributed by atoms with E-state index in [1.165, 1.54) is 37.7 Å². The van der Waals surface area contributed by atoms with E-state index >= 15 is 0 Å². The van der Waals surface area contributed by atoms with Crippen molar-refractivity contribution in [3.63, 3.8) is 0 Å². The van der Waals surface area contributed by atoms with Gasteiger partial charge in [0, 0.05) is 23.8 Å². The summed E-state index contributed by atoms with van der Waals surface area (Å²) in [6, 6.07) is 0.974. The number of rotatable bonds is 8. The summed E-state index contributed by atoms with van der Waals surface area (Å²) in [6.07, 6.45) is 10.5. The minimum atomic E-state index is 0.389. The van der Waals surface area contributed by atoms with Crippen LogP contribution in [0.1, 0.15) is 64.5 Å². The highest BCUT2D eigenvalue weighted by molar-refractivity contribution is 5.08. The summed E-state index contributed by atoms with van der Waals surface area (Å²) in [5, 5.41) is 10.4. The van der Waals surface area contributed by atoms with Crippen molar-refractivity contribution >= 4 is 0 Å². The van der Waals surface area contributed by atoms with Gasteiger partial charge in [0.1, 0.15) is 0 Å². The zero-order valence-electron chi connectivity index (χ0n) is 10.8. The Morgan fingerprint density at radius 1 is 1.31 bits per heavy atom. The van der Waals surface area contributed by atoms with Crippen LogP contribution in [0.4, 0.5) is 0 Å². The second kappa shape index (κ2) is 7.44. The number of H-pyrrole nitrogens is 1. The zero-order valence-corrected chi connectivity index (χ0v) is 10.8. The molecule has 0 saturated carbocycles. The quantitative estimate of drug-likeness (QED) is 0.663. The summed E-state index contributed by atoms with van der Waals surface area (Å²) in [5.74, 6) is 0. The molecule has 0 radical (unpaired) electrons. The Morgan fingerprint density at radius 3 is 2.75 bits per heavy atom. The number of nitrogens with zero attached hydrogens (tertiary/aromatic N) is 1. The monoisotopic (exact) mass is 223 g/mol. The number of unbranched alkanes of at least 4 members (excludes halogenated alkanes) is 3. The van der Waals surface area contributed by atoms with Crippen molar-refractivity contribution in [2.75, 3.05) is 0 Å². The van der Waals surface area contributed by atoms with Gasteiger partial charge >= 0.3 is 0 Å². The lowest BCUT2D eigenvalue weighted by atomic mass is 10.1. The molecular formula is C13H25N3. The van der Waals surface area contributed by atoms with Crippen LogP contribution in [-0.4, -0.2) is 16.2 Å². The van der Waals surface area contributed by atoms with Gasteiger partial charge in [0.15, 0.2) is 0 Å². The molecule has 0 aliphatic rings. The Bertz CT molecular complexity index is 256. The number of aromatic amines is 1. The van der Waals surface area contributed by atoms with Crippen molar-refractivity contribution in [2.45, 2.75) is 65.0 Å². The summed E-state index contributed by atoms with van der Waals surface area (Å²) in [5.41, 5.74) is 1.24. The maximum atomic E-state index is 3.97. The molecule has 2 N–H and O–H groups in total. The predicted octanol–water partition coefficient (Wildman–Crippen LogP) is 3.42. The molecule has 0 unspecified atom stereocenters. The van der Waals surface area contributed by atoms with Crippen LogP contribution >= 0.6 is 0 Å². The average Bonchev–Trinajstić information content (AvgIpc) is 2.77. The normalized spacial score (nSPS) is 14.9. The Balaban J connectivity index is 2.16. The molecule has 1 heterocycles. The van der Waals surface area contributed by atoms with Gasteiger partial charge in [-0.1, -0.05) is 32.6 Å². The minimum Gasteiger partial charge on any atom is -0.308 e. The van der Waals surface area contributed by atoms with Crippen molar-refractivity contribution in [1.82, 2.24) is 15.5 Å². The van der Waals surface area contributed by atoms with E-state index in [1.807, 2.05) is 12.4 Å². The van der Waals surface area contributed by atoms with Crippen LogP contribution < -0.4 is 5.32 Å². The van der Waals surface area contributed by atoms with Crippen LogP contribution in [0.3, 0.4) is 0 Å². The fourth-order valence-electron chi connectivity index (χ4n) is 1.98. The maximum Gasteiger partial charge on any atom is 0.0534 e. The van der Waals surface area contributed by atoms with Crippen LogP contribution in [0.5, 0.6) is 0 Å². The van der Waals surface area contributed by atoms with Crippen molar-refractivity contribution in [2.24, 2.45) is 0 Å². The lowest BCUT2D eigenvalue weighted by molar-refractivity contribution is 0.438. The zero-order chi connectivity index (χ0) is 11.8. The number of aromatic nitrogens is 2. The van der Waals surface area contributed by atoms with E-state index in [2.05, 4.69) is 36.3 Å². The Kier molecular flexibility index (Phi) is 6.16. The highest BCUT2D eigenvalue weighted by Crippen LogP contribution is 2.12. The molecule has 1 aromatic rings. The highest BCUT2D eigenvalue weighted by Gasteiger charge is 2.09. The first-order chi connectivity index (χ1) is 7.74. The molecule has 92 valence electrons. The Morgan fingerprint density at radius 2 is 2.12 bits per heavy atom. The summed E-state index contributed by atoms with van der Waals surface area (Å²) < 4.78 is 0. The van der Waals surface area contributed by atoms with E-state index in [9.17, 15) is 0 Å². The van der Waals surface area contributed by atoms with E-state index < -0.39 is 0 Å². The first-order valence-electron chi connectivity index (χ1n) is 6.48. The maximum absolute atomic E-state index is 3.97. The van der Waals surface area contributed by atoms with Gasteiger partial charge < -0.3 is 5.32 Å². The van der Waals surface area contributed by atoms with Gasteiger partial charge in [-0.3, -0.25) is 5.10 Å². The van der Waals surface area contributed by atoms with Crippen molar-refractivity contribution in [1.29, 1.82) is 0 Å². The molecule has 2 atom stereocenters. The first kappa shape index (κ1) is 13.2. The predicted molar refractivity (Wildman–Crippen MR) is 68.4 cm³/mol. The molecule has 0 spiro atoms. The Hall–Kier alpha value is -0.830. The first-order valence-corrected chi connectivity index (χ1v) is 6.48. The van der Waals surface area contributed by atoms with Crippen LogP contribution in [0.2, 0.25) is 0 Å². The molecule has 0 amide bonds. The van der Waals surface area contributed by atoms with Crippen molar-refractivity contribution < 1.29 is 0 Å². The van der Waals surface area contributed by atoms with Crippen LogP contribution in [0.15, 0.2) is 12.4 Å². The van der Waals surface area contributed by atoms with E-state index in [1.54, 1.807) is 0 Å². The van der Waals surface area contributed by atoms with E-state index in [-0.39, 0.29) is 0 Å². The molecule has 1 rings (SSSR count). The third kappa shape index (κ3) is 4.79. The molecule has 0 bridgehead atoms. The fourth-order valence-corrected chi connectivity index (χ4v) is 1.98. The third-order valence-electron chi connectivity index (χ3n) is 3.04. The van der Waals surface area contributed by atoms with Gasteiger partial charge in [0.05, 0.1) is 6.20 Å². The van der Waals surface area contributed by atoms with Gasteiger partial charge in [0.2, 0.25) is 0 Å². The van der Waals surface area contributed by atoms with Crippen molar-refractivity contribution in [3.05, 3.63) is 18.0 Å². The molecule has 16 heavy (non-hydrogen) atoms. The number of nitrogens with one attached hydrogen (secondary N) is 2. The summed E-state index contributed by atoms with van der Waals surface area (Å²) in [4.78, 5) is 0. The average molecular weight is 223 g/mol. The van der Waals surface area contributed by atoms with Gasteiger partial charge in [-0.05, 0) is 20.3 Å². The summed E-state index contributed by atoms with van der Waals surface area (Å²) in [6.45, 7) is 6.71. The molecule has 3 nitrogen and oxygen atoms in total. The molecule has 0 aliphatic carbocycles. The number of hydrogen-bond donors (Lipinski definition) is 2. The summed E-state index contributed by atoms with van der Waals surface area (Å²) >= 11 is 0. The second-order valence-electron chi connectivity index (χ2n) is 4.67. The highest BCUT2D eigenvalue weighted by atomic mass is 15.1. The molecule has 0 aliphatic heterocycles. The van der Waals surface area contributed by atoms with Crippen molar-refractivity contribution in [3.8, 4) is 0 Å². The third-order valence-corrected chi connectivity index (χ3v) is 3.04. The molecule has 1 aromatic heterocycles. The van der Waals surface area contributed by atoms with Crippen LogP contribution in [0, 0.1) is 0 Å². The summed E-state index contributed by atoms with van der Waals surface area (Å²) in [7, 11) is 0. The van der Waals surface area contributed by atoms with Crippen LogP contribution in [0.25, 0.3) is 0 Å². The molecule has 0 aromatic carbocycles. The van der Waals surface area contributed by atoms with Gasteiger partial charge in [-0.25, -0.2) is 0 Å². The fraction of sp³-hybridized carbons (Fsp3) is 0.769. The lowest BCUT2D eigenvalue weighted by Crippen LogP contribution is -2.28. The Labute approximate surface area is 99.0 Å². The van der Waals surface area contributed by atoms with Gasteiger partial charge in [-0.15, -0.1) is 0 Å². The van der Waals surface area contributed by atoms with E-state index in [0.717, 1.165) is 0 Å². The van der Waals surface area contributed by atoms with Gasteiger partial charge in [-0.2, -0.15) is 5.10 Å². The standard InChI is InChI=1S/C13H25N3/c1-4-5-6-7-8-11(2)16-12(3)13-9-14-15-10-13/h9-12,16H,4-8H2,1-3H3,(H,14,15)/t11-,12-/m0/s1. The lowest BCUT2D eigenvalue weighted by Gasteiger charge is -2.18. The van der Waals surface area contributed by atoms with E-state index in [0.29, 0.717) is 12.1 Å². The molecule has 3 heteroatoms. The molecular weight excluding hydrogens is 198 g/mol. The molecule has 0 fully saturated rings. The second-order valence-corrected chi connectivity index (χ2v) is 4.67.